The summed E-state index contributed by atoms with van der Waals surface area (Å²) < 4.78 is 5.79. The molecule has 0 saturated heterocycles. The Morgan fingerprint density at radius 1 is 0.895 bits per heavy atom. The Labute approximate surface area is 249 Å². The molecule has 185 valence electrons. The zero-order chi connectivity index (χ0) is 25.0. The van der Waals surface area contributed by atoms with Crippen molar-refractivity contribution in [2.75, 3.05) is 11.4 Å². The summed E-state index contributed by atoms with van der Waals surface area (Å²) in [6.07, 6.45) is 6.64. The fourth-order valence-electron chi connectivity index (χ4n) is 5.59. The maximum Gasteiger partial charge on any atom is 0.414 e. The van der Waals surface area contributed by atoms with Crippen molar-refractivity contribution in [2.24, 2.45) is 11.8 Å². The third kappa shape index (κ3) is 5.46. The van der Waals surface area contributed by atoms with Crippen LogP contribution in [0.3, 0.4) is 0 Å². The van der Waals surface area contributed by atoms with Crippen molar-refractivity contribution in [2.45, 2.75) is 12.5 Å². The van der Waals surface area contributed by atoms with Crippen LogP contribution >= 0.6 is 0 Å². The van der Waals surface area contributed by atoms with Crippen LogP contribution < -0.4 is 4.90 Å². The summed E-state index contributed by atoms with van der Waals surface area (Å²) in [4.78, 5) is 15.2. The summed E-state index contributed by atoms with van der Waals surface area (Å²) in [7, 11) is 0. The van der Waals surface area contributed by atoms with Crippen LogP contribution in [0.2, 0.25) is 0 Å². The number of amides is 1. The van der Waals surface area contributed by atoms with E-state index >= 15 is 0 Å². The Kier molecular flexibility index (Phi) is 8.37. The summed E-state index contributed by atoms with van der Waals surface area (Å²) >= 11 is 0. The van der Waals surface area contributed by atoms with Gasteiger partial charge in [0.2, 0.25) is 0 Å². The molecule has 4 heteroatoms. The van der Waals surface area contributed by atoms with Crippen LogP contribution in [0.15, 0.2) is 121 Å². The molecule has 1 amide bonds. The molecule has 1 aliphatic carbocycles. The molecule has 1 radical (unpaired) electrons. The summed E-state index contributed by atoms with van der Waals surface area (Å²) in [6, 6.07) is 39.8. The average Bonchev–Trinajstić information content (AvgIpc) is 3.34. The molecule has 6 rings (SSSR count). The molecular weight excluding hydrogens is 543 g/mol. The van der Waals surface area contributed by atoms with E-state index in [1.54, 1.807) is 0 Å². The van der Waals surface area contributed by atoms with Crippen molar-refractivity contribution in [3.05, 3.63) is 150 Å². The van der Waals surface area contributed by atoms with Gasteiger partial charge in [-0.05, 0) is 34.6 Å². The Morgan fingerprint density at radius 2 is 1.58 bits per heavy atom. The predicted molar refractivity (Wildman–Crippen MR) is 149 cm³/mol. The number of fused-ring (bicyclic) bond motifs is 3. The number of hydrogen-bond acceptors (Lipinski definition) is 2. The van der Waals surface area contributed by atoms with Gasteiger partial charge < -0.3 is 4.74 Å². The van der Waals surface area contributed by atoms with Crippen LogP contribution in [0, 0.1) is 17.9 Å². The average molecular weight is 572 g/mol. The molecule has 0 unspecified atom stereocenters. The first-order valence-electron chi connectivity index (χ1n) is 12.8. The van der Waals surface area contributed by atoms with Crippen LogP contribution in [0.1, 0.15) is 28.2 Å². The van der Waals surface area contributed by atoms with Gasteiger partial charge in [-0.1, -0.05) is 97.1 Å². The van der Waals surface area contributed by atoms with E-state index in [-0.39, 0.29) is 63.2 Å². The molecule has 0 spiro atoms. The molecule has 2 aliphatic rings. The second-order valence-electron chi connectivity index (χ2n) is 9.60. The molecule has 38 heavy (non-hydrogen) atoms. The Bertz CT molecular complexity index is 1430. The first kappa shape index (κ1) is 26.3. The topological polar surface area (TPSA) is 29.5 Å². The third-order valence-corrected chi connectivity index (χ3v) is 7.39. The van der Waals surface area contributed by atoms with Gasteiger partial charge in [-0.25, -0.2) is 4.79 Å². The Hall–Kier alpha value is -3.27. The molecule has 4 aromatic carbocycles. The molecule has 3 atom stereocenters. The zero-order valence-electron chi connectivity index (χ0n) is 21.1. The maximum atomic E-state index is 13.4. The predicted octanol–water partition coefficient (Wildman–Crippen LogP) is 7.77. The quantitative estimate of drug-likeness (QED) is 0.229. The molecule has 4 aromatic rings. The summed E-state index contributed by atoms with van der Waals surface area (Å²) in [6.45, 7) is 0.835. The molecular formula is C34H28NO2Y-. The van der Waals surface area contributed by atoms with Crippen LogP contribution in [-0.4, -0.2) is 12.6 Å². The number of ether oxygens (including phenoxy) is 1. The van der Waals surface area contributed by atoms with E-state index in [0.29, 0.717) is 6.54 Å². The molecule has 0 fully saturated rings. The summed E-state index contributed by atoms with van der Waals surface area (Å²) in [5, 5.41) is 0. The van der Waals surface area contributed by atoms with E-state index in [0.717, 1.165) is 16.8 Å². The zero-order valence-corrected chi connectivity index (χ0v) is 23.9. The first-order chi connectivity index (χ1) is 18.3. The van der Waals surface area contributed by atoms with Crippen LogP contribution in [0.25, 0.3) is 11.6 Å². The van der Waals surface area contributed by atoms with Crippen LogP contribution in [-0.2, 0) is 44.1 Å². The number of benzene rings is 4. The second-order valence-corrected chi connectivity index (χ2v) is 9.60. The largest absolute Gasteiger partial charge is 0.444 e. The SMILES string of the molecule is O=C(OCc1ccccc1)N1C[C@@H]2C(=C[C@H](c3cc[c-]cc3)[C@H]2/C=C/c2ccccc2)c2ccccc21.[Y]. The Morgan fingerprint density at radius 3 is 2.34 bits per heavy atom. The standard InChI is InChI=1S/C34H28NO2.Y/c36-34(37-24-26-14-6-2-7-15-26)35-23-32-28(21-20-25-12-4-1-5-13-25)30(27-16-8-3-9-17-27)22-31(32)29-18-10-11-19-33(29)35;/h1-2,4-22,28,30,32H,23-24H2;/q-1;/b21-20+;/t28-,30-,32+;/m1./s1. The number of nitrogens with zero attached hydrogens (tertiary/aromatic N) is 1. The molecule has 1 aliphatic heterocycles. The van der Waals surface area contributed by atoms with Gasteiger partial charge in [-0.3, -0.25) is 4.90 Å². The van der Waals surface area contributed by atoms with Crippen molar-refractivity contribution in [1.82, 2.24) is 0 Å². The number of carbonyl (C=O) groups excluding carboxylic acids is 1. The number of hydrogen-bond donors (Lipinski definition) is 0. The molecule has 3 nitrogen and oxygen atoms in total. The fourth-order valence-corrected chi connectivity index (χ4v) is 5.59. The van der Waals surface area contributed by atoms with Gasteiger partial charge in [0, 0.05) is 50.7 Å². The molecule has 0 N–H and O–H groups in total. The van der Waals surface area contributed by atoms with Gasteiger partial charge in [0.15, 0.2) is 0 Å². The normalized spacial score (nSPS) is 19.7. The maximum absolute atomic E-state index is 13.4. The molecule has 0 aromatic heterocycles. The Balaban J connectivity index is 0.00000294. The molecule has 1 heterocycles. The fraction of sp³-hybridized carbons (Fsp3) is 0.147. The smallest absolute Gasteiger partial charge is 0.414 e. The van der Waals surface area contributed by atoms with E-state index in [4.69, 9.17) is 4.74 Å². The van der Waals surface area contributed by atoms with Crippen molar-refractivity contribution in [3.63, 3.8) is 0 Å². The monoisotopic (exact) mass is 571 g/mol. The second kappa shape index (κ2) is 12.1. The first-order valence-corrected chi connectivity index (χ1v) is 12.8. The van der Waals surface area contributed by atoms with Gasteiger partial charge in [-0.2, -0.15) is 35.9 Å². The van der Waals surface area contributed by atoms with Gasteiger partial charge in [-0.15, -0.1) is 0 Å². The number of allylic oxidation sites excluding steroid dienone is 2. The number of rotatable bonds is 5. The van der Waals surface area contributed by atoms with Gasteiger partial charge >= 0.3 is 6.09 Å². The minimum absolute atomic E-state index is 0. The number of para-hydroxylation sites is 1. The van der Waals surface area contributed by atoms with Crippen molar-refractivity contribution < 1.29 is 42.2 Å². The van der Waals surface area contributed by atoms with E-state index in [9.17, 15) is 4.79 Å². The summed E-state index contributed by atoms with van der Waals surface area (Å²) in [5.41, 5.74) is 6.75. The minimum atomic E-state index is -0.307. The molecule has 0 bridgehead atoms. The van der Waals surface area contributed by atoms with Crippen LogP contribution in [0.5, 0.6) is 0 Å². The number of carbonyl (C=O) groups is 1. The van der Waals surface area contributed by atoms with E-state index in [1.165, 1.54) is 16.7 Å². The number of anilines is 1. The van der Waals surface area contributed by atoms with E-state index in [2.05, 4.69) is 72.8 Å². The van der Waals surface area contributed by atoms with Crippen molar-refractivity contribution >= 4 is 23.4 Å². The van der Waals surface area contributed by atoms with Gasteiger partial charge in [0.25, 0.3) is 0 Å². The molecule has 0 saturated carbocycles. The van der Waals surface area contributed by atoms with Gasteiger partial charge in [0.1, 0.15) is 6.61 Å². The summed E-state index contributed by atoms with van der Waals surface area (Å²) in [5.74, 6) is 0.576. The van der Waals surface area contributed by atoms with E-state index in [1.807, 2.05) is 65.6 Å². The van der Waals surface area contributed by atoms with Crippen LogP contribution in [0.4, 0.5) is 10.5 Å². The third-order valence-electron chi connectivity index (χ3n) is 7.39. The van der Waals surface area contributed by atoms with Gasteiger partial charge in [0.05, 0.1) is 5.69 Å². The van der Waals surface area contributed by atoms with Crippen molar-refractivity contribution in [3.8, 4) is 0 Å². The van der Waals surface area contributed by atoms with E-state index < -0.39 is 0 Å². The minimum Gasteiger partial charge on any atom is -0.444 e. The van der Waals surface area contributed by atoms with Crippen molar-refractivity contribution in [1.29, 1.82) is 0 Å².